The van der Waals surface area contributed by atoms with Gasteiger partial charge < -0.3 is 4.98 Å². The molecule has 1 N–H and O–H groups in total. The van der Waals surface area contributed by atoms with E-state index in [9.17, 15) is 4.79 Å². The van der Waals surface area contributed by atoms with Gasteiger partial charge in [0.25, 0.3) is 5.56 Å². The molecule has 5 heterocycles. The van der Waals surface area contributed by atoms with Crippen LogP contribution in [0.1, 0.15) is 0 Å². The second-order valence-corrected chi connectivity index (χ2v) is 13.1. The van der Waals surface area contributed by atoms with E-state index in [1.165, 1.54) is 0 Å². The van der Waals surface area contributed by atoms with Gasteiger partial charge in [-0.3, -0.25) is 13.9 Å². The number of hydrogen-bond donors (Lipinski definition) is 1. The predicted octanol–water partition coefficient (Wildman–Crippen LogP) is 9.79. The molecule has 11 aromatic rings. The van der Waals surface area contributed by atoms with Crippen LogP contribution in [-0.2, 0) is 0 Å². The maximum Gasteiger partial charge on any atom is 0.273 e. The van der Waals surface area contributed by atoms with Crippen molar-refractivity contribution in [2.45, 2.75) is 0 Å². The Labute approximate surface area is 301 Å². The van der Waals surface area contributed by atoms with Crippen LogP contribution >= 0.6 is 0 Å². The van der Waals surface area contributed by atoms with E-state index < -0.39 is 0 Å². The molecular weight excluding hydrogens is 655 g/mol. The Hall–Kier alpha value is -7.45. The van der Waals surface area contributed by atoms with Gasteiger partial charge in [0.2, 0.25) is 11.9 Å². The lowest BCUT2D eigenvalue weighted by Gasteiger charge is -2.12. The molecule has 0 aliphatic carbocycles. The van der Waals surface area contributed by atoms with Crippen LogP contribution in [0.25, 0.3) is 100.0 Å². The van der Waals surface area contributed by atoms with E-state index in [2.05, 4.69) is 39.9 Å². The Kier molecular flexibility index (Phi) is 6.23. The van der Waals surface area contributed by atoms with Gasteiger partial charge in [-0.05, 0) is 24.3 Å². The maximum atomic E-state index is 14.6. The van der Waals surface area contributed by atoms with Crippen molar-refractivity contribution in [3.05, 3.63) is 168 Å². The molecule has 8 heteroatoms. The van der Waals surface area contributed by atoms with Gasteiger partial charge in [-0.15, -0.1) is 0 Å². The normalized spacial score (nSPS) is 11.8. The summed E-state index contributed by atoms with van der Waals surface area (Å²) in [5.74, 6) is 0.918. The molecule has 11 rings (SSSR count). The second kappa shape index (κ2) is 11.3. The fourth-order valence-electron chi connectivity index (χ4n) is 7.85. The van der Waals surface area contributed by atoms with E-state index in [1.807, 2.05) is 132 Å². The number of fused-ring (bicyclic) bond motifs is 9. The summed E-state index contributed by atoms with van der Waals surface area (Å²) in [7, 11) is 0. The molecule has 248 valence electrons. The summed E-state index contributed by atoms with van der Waals surface area (Å²) in [6, 6.07) is 52.5. The zero-order valence-corrected chi connectivity index (χ0v) is 28.1. The smallest absolute Gasteiger partial charge is 0.273 e. The fourth-order valence-corrected chi connectivity index (χ4v) is 7.85. The minimum atomic E-state index is -0.242. The molecule has 0 unspecified atom stereocenters. The summed E-state index contributed by atoms with van der Waals surface area (Å²) in [4.78, 5) is 38.7. The van der Waals surface area contributed by atoms with Crippen molar-refractivity contribution in [2.24, 2.45) is 0 Å². The molecule has 0 bridgehead atoms. The molecule has 5 aromatic heterocycles. The molecule has 53 heavy (non-hydrogen) atoms. The lowest BCUT2D eigenvalue weighted by molar-refractivity contribution is 1.00. The quantitative estimate of drug-likeness (QED) is 0.200. The van der Waals surface area contributed by atoms with E-state index in [-0.39, 0.29) is 5.56 Å². The molecule has 0 amide bonds. The highest BCUT2D eigenvalue weighted by Gasteiger charge is 2.26. The van der Waals surface area contributed by atoms with Crippen molar-refractivity contribution in [1.82, 2.24) is 34.1 Å². The largest absolute Gasteiger partial charge is 0.318 e. The lowest BCUT2D eigenvalue weighted by Crippen LogP contribution is -2.13. The number of para-hydroxylation sites is 4. The van der Waals surface area contributed by atoms with E-state index in [4.69, 9.17) is 19.9 Å². The van der Waals surface area contributed by atoms with E-state index >= 15 is 0 Å². The molecule has 0 fully saturated rings. The number of H-pyrrole nitrogens is 1. The molecule has 8 nitrogen and oxygen atoms in total. The fraction of sp³-hybridized carbons (Fsp3) is 0. The van der Waals surface area contributed by atoms with Gasteiger partial charge in [-0.1, -0.05) is 133 Å². The van der Waals surface area contributed by atoms with Gasteiger partial charge in [0.05, 0.1) is 44.5 Å². The summed E-state index contributed by atoms with van der Waals surface area (Å²) in [6.45, 7) is 0. The first-order valence-electron chi connectivity index (χ1n) is 17.5. The Balaban J connectivity index is 1.31. The highest BCUT2D eigenvalue weighted by Crippen LogP contribution is 2.40. The monoisotopic (exact) mass is 681 g/mol. The van der Waals surface area contributed by atoms with Gasteiger partial charge in [-0.2, -0.15) is 0 Å². The molecule has 0 aliphatic rings. The van der Waals surface area contributed by atoms with Crippen molar-refractivity contribution >= 4 is 65.5 Å². The molecule has 0 radical (unpaired) electrons. The Bertz CT molecular complexity index is 3310. The average molecular weight is 682 g/mol. The Morgan fingerprint density at radius 3 is 1.42 bits per heavy atom. The molecule has 0 saturated carbocycles. The van der Waals surface area contributed by atoms with E-state index in [0.29, 0.717) is 22.9 Å². The van der Waals surface area contributed by atoms with Crippen LogP contribution in [-0.4, -0.2) is 34.1 Å². The summed E-state index contributed by atoms with van der Waals surface area (Å²) < 4.78 is 4.00. The van der Waals surface area contributed by atoms with E-state index in [1.54, 1.807) is 0 Å². The van der Waals surface area contributed by atoms with Crippen molar-refractivity contribution in [1.29, 1.82) is 0 Å². The minimum absolute atomic E-state index is 0.242. The standard InChI is InChI=1S/C45H27N7O/c53-43-42-37(31-21-9-13-25-35(31)52(42)45-47-34-24-12-8-20-30(34)39(50-45)28-17-5-2-6-18-28)41-40(48-43)32-22-10-14-26-36(32)51(41)44-46-33-23-11-7-19-29(33)38(49-44)27-15-3-1-4-16-27/h1-26H,(H,48,53). The molecule has 0 atom stereocenters. The average Bonchev–Trinajstić information content (AvgIpc) is 3.74. The molecular formula is C45H27N7O. The van der Waals surface area contributed by atoms with Crippen LogP contribution in [0.4, 0.5) is 0 Å². The lowest BCUT2D eigenvalue weighted by atomic mass is 10.1. The van der Waals surface area contributed by atoms with Gasteiger partial charge in [0, 0.05) is 38.1 Å². The van der Waals surface area contributed by atoms with Crippen LogP contribution in [0, 0.1) is 0 Å². The first kappa shape index (κ1) is 29.3. The number of nitrogens with one attached hydrogen (secondary N) is 1. The van der Waals surface area contributed by atoms with Crippen LogP contribution in [0.3, 0.4) is 0 Å². The number of aromatic amines is 1. The van der Waals surface area contributed by atoms with Gasteiger partial charge in [0.15, 0.2) is 0 Å². The summed E-state index contributed by atoms with van der Waals surface area (Å²) >= 11 is 0. The first-order chi connectivity index (χ1) is 26.2. The maximum absolute atomic E-state index is 14.6. The molecule has 0 aliphatic heterocycles. The molecule has 6 aromatic carbocycles. The van der Waals surface area contributed by atoms with E-state index in [0.717, 1.165) is 77.0 Å². The highest BCUT2D eigenvalue weighted by molar-refractivity contribution is 6.24. The second-order valence-electron chi connectivity index (χ2n) is 13.1. The van der Waals surface area contributed by atoms with Crippen molar-refractivity contribution in [2.75, 3.05) is 0 Å². The van der Waals surface area contributed by atoms with Gasteiger partial charge >= 0.3 is 0 Å². The van der Waals surface area contributed by atoms with Crippen molar-refractivity contribution in [3.63, 3.8) is 0 Å². The third-order valence-electron chi connectivity index (χ3n) is 10.1. The zero-order chi connectivity index (χ0) is 35.0. The topological polar surface area (TPSA) is 94.3 Å². The third kappa shape index (κ3) is 4.33. The zero-order valence-electron chi connectivity index (χ0n) is 28.1. The minimum Gasteiger partial charge on any atom is -0.318 e. The van der Waals surface area contributed by atoms with Crippen LogP contribution < -0.4 is 5.56 Å². The number of nitrogens with zero attached hydrogens (tertiary/aromatic N) is 6. The van der Waals surface area contributed by atoms with Gasteiger partial charge in [-0.25, -0.2) is 19.9 Å². The molecule has 0 spiro atoms. The molecule has 0 saturated heterocycles. The summed E-state index contributed by atoms with van der Waals surface area (Å²) in [5.41, 5.74) is 8.60. The first-order valence-corrected chi connectivity index (χ1v) is 17.5. The Morgan fingerprint density at radius 1 is 0.415 bits per heavy atom. The number of rotatable bonds is 4. The predicted molar refractivity (Wildman–Crippen MR) is 213 cm³/mol. The van der Waals surface area contributed by atoms with Crippen molar-refractivity contribution < 1.29 is 0 Å². The number of pyridine rings is 1. The number of hydrogen-bond acceptors (Lipinski definition) is 5. The third-order valence-corrected chi connectivity index (χ3v) is 10.1. The van der Waals surface area contributed by atoms with Gasteiger partial charge in [0.1, 0.15) is 5.52 Å². The Morgan fingerprint density at radius 2 is 0.849 bits per heavy atom. The summed E-state index contributed by atoms with van der Waals surface area (Å²) in [5, 5.41) is 4.45. The SMILES string of the molecule is O=c1[nH]c2c3ccccc3n(-c3nc(-c4ccccc4)c4ccccc4n3)c2c2c3ccccc3n(-c3nc(-c4ccccc4)c4ccccc4n3)c12. The van der Waals surface area contributed by atoms with Crippen LogP contribution in [0.5, 0.6) is 0 Å². The number of aromatic nitrogens is 7. The summed E-state index contributed by atoms with van der Waals surface area (Å²) in [6.07, 6.45) is 0. The van der Waals surface area contributed by atoms with Crippen molar-refractivity contribution in [3.8, 4) is 34.4 Å². The van der Waals surface area contributed by atoms with Crippen LogP contribution in [0.15, 0.2) is 163 Å². The van der Waals surface area contributed by atoms with Crippen LogP contribution in [0.2, 0.25) is 0 Å². The number of benzene rings is 6. The highest BCUT2D eigenvalue weighted by atomic mass is 16.1.